The molecule has 0 spiro atoms. The Morgan fingerprint density at radius 2 is 1.62 bits per heavy atom. The fourth-order valence-corrected chi connectivity index (χ4v) is 4.15. The topological polar surface area (TPSA) is 54.4 Å². The molecule has 0 saturated heterocycles. The highest BCUT2D eigenvalue weighted by molar-refractivity contribution is 7.90. The molecule has 0 fully saturated rings. The lowest BCUT2D eigenvalue weighted by Gasteiger charge is -2.23. The Labute approximate surface area is 130 Å². The summed E-state index contributed by atoms with van der Waals surface area (Å²) >= 11 is 5.80. The van der Waals surface area contributed by atoms with Crippen molar-refractivity contribution in [3.05, 3.63) is 70.7 Å². The summed E-state index contributed by atoms with van der Waals surface area (Å²) in [6, 6.07) is 15.5. The van der Waals surface area contributed by atoms with Gasteiger partial charge in [0.2, 0.25) is 0 Å². The van der Waals surface area contributed by atoms with Crippen molar-refractivity contribution in [2.75, 3.05) is 5.75 Å². The van der Waals surface area contributed by atoms with Crippen LogP contribution in [-0.4, -0.2) is 19.3 Å². The summed E-state index contributed by atoms with van der Waals surface area (Å²) in [5, 5.41) is 11.0. The van der Waals surface area contributed by atoms with Crippen LogP contribution >= 0.6 is 11.6 Å². The molecule has 0 amide bonds. The van der Waals surface area contributed by atoms with Crippen LogP contribution in [0.1, 0.15) is 18.1 Å². The summed E-state index contributed by atoms with van der Waals surface area (Å²) in [5.41, 5.74) is -0.203. The van der Waals surface area contributed by atoms with E-state index in [-0.39, 0.29) is 11.5 Å². The molecular weight excluding hydrogens is 308 g/mol. The van der Waals surface area contributed by atoms with E-state index < -0.39 is 15.4 Å². The average Bonchev–Trinajstić information content (AvgIpc) is 2.38. The monoisotopic (exact) mass is 324 g/mol. The number of rotatable bonds is 5. The Bertz CT molecular complexity index is 692. The summed E-state index contributed by atoms with van der Waals surface area (Å²) in [4.78, 5) is 0. The molecule has 2 rings (SSSR count). The van der Waals surface area contributed by atoms with E-state index in [9.17, 15) is 13.5 Å². The first-order chi connectivity index (χ1) is 9.78. The van der Waals surface area contributed by atoms with E-state index >= 15 is 0 Å². The predicted octanol–water partition coefficient (Wildman–Crippen LogP) is 3.16. The number of hydrogen-bond donors (Lipinski definition) is 1. The Hall–Kier alpha value is -1.36. The van der Waals surface area contributed by atoms with E-state index in [0.29, 0.717) is 16.1 Å². The summed E-state index contributed by atoms with van der Waals surface area (Å²) in [6.07, 6.45) is 0. The third-order valence-electron chi connectivity index (χ3n) is 3.20. The lowest BCUT2D eigenvalue weighted by atomic mass is 9.98. The molecule has 21 heavy (non-hydrogen) atoms. The molecular formula is C16H17ClO3S. The smallest absolute Gasteiger partial charge is 0.157 e. The Morgan fingerprint density at radius 1 is 1.05 bits per heavy atom. The zero-order valence-corrected chi connectivity index (χ0v) is 13.2. The van der Waals surface area contributed by atoms with Crippen LogP contribution in [0.15, 0.2) is 54.6 Å². The molecule has 0 heterocycles. The molecule has 1 atom stereocenters. The molecule has 0 bridgehead atoms. The maximum atomic E-state index is 12.3. The lowest BCUT2D eigenvalue weighted by Crippen LogP contribution is -2.31. The standard InChI is InChI=1S/C16H17ClO3S/c1-16(18,14-7-9-15(17)10-8-14)12-21(19,20)11-13-5-3-2-4-6-13/h2-10,18H,11-12H2,1H3/t16-/m1/s1. The zero-order valence-electron chi connectivity index (χ0n) is 11.7. The second kappa shape index (κ2) is 6.18. The van der Waals surface area contributed by atoms with Gasteiger partial charge in [0.25, 0.3) is 0 Å². The minimum Gasteiger partial charge on any atom is -0.384 e. The number of benzene rings is 2. The molecule has 5 heteroatoms. The van der Waals surface area contributed by atoms with Crippen LogP contribution in [0.2, 0.25) is 5.02 Å². The highest BCUT2D eigenvalue weighted by atomic mass is 35.5. The van der Waals surface area contributed by atoms with Gasteiger partial charge < -0.3 is 5.11 Å². The first-order valence-electron chi connectivity index (χ1n) is 6.51. The maximum Gasteiger partial charge on any atom is 0.157 e. The van der Waals surface area contributed by atoms with Gasteiger partial charge in [0.05, 0.1) is 11.5 Å². The lowest BCUT2D eigenvalue weighted by molar-refractivity contribution is 0.0819. The van der Waals surface area contributed by atoms with Crippen LogP contribution in [-0.2, 0) is 21.2 Å². The Morgan fingerprint density at radius 3 is 2.19 bits per heavy atom. The minimum atomic E-state index is -3.43. The van der Waals surface area contributed by atoms with Crippen molar-refractivity contribution in [1.82, 2.24) is 0 Å². The van der Waals surface area contributed by atoms with E-state index in [1.165, 1.54) is 6.92 Å². The third kappa shape index (κ3) is 4.56. The van der Waals surface area contributed by atoms with Crippen LogP contribution in [0.3, 0.4) is 0 Å². The van der Waals surface area contributed by atoms with Gasteiger partial charge in [-0.3, -0.25) is 0 Å². The quantitative estimate of drug-likeness (QED) is 0.919. The van der Waals surface area contributed by atoms with Crippen molar-refractivity contribution in [2.45, 2.75) is 18.3 Å². The molecule has 0 saturated carbocycles. The van der Waals surface area contributed by atoms with Crippen LogP contribution in [0.4, 0.5) is 0 Å². The molecule has 0 unspecified atom stereocenters. The second-order valence-corrected chi connectivity index (χ2v) is 7.80. The van der Waals surface area contributed by atoms with Crippen LogP contribution in [0, 0.1) is 0 Å². The molecule has 2 aromatic rings. The van der Waals surface area contributed by atoms with Gasteiger partial charge in [-0.2, -0.15) is 0 Å². The fraction of sp³-hybridized carbons (Fsp3) is 0.250. The van der Waals surface area contributed by atoms with Crippen molar-refractivity contribution in [1.29, 1.82) is 0 Å². The minimum absolute atomic E-state index is 0.0857. The molecule has 0 aliphatic carbocycles. The summed E-state index contributed by atoms with van der Waals surface area (Å²) in [7, 11) is -3.43. The van der Waals surface area contributed by atoms with Gasteiger partial charge in [0.1, 0.15) is 5.60 Å². The number of halogens is 1. The van der Waals surface area contributed by atoms with Gasteiger partial charge in [-0.15, -0.1) is 0 Å². The van der Waals surface area contributed by atoms with Crippen molar-refractivity contribution < 1.29 is 13.5 Å². The molecule has 0 aliphatic rings. The molecule has 1 N–H and O–H groups in total. The van der Waals surface area contributed by atoms with Gasteiger partial charge in [-0.25, -0.2) is 8.42 Å². The van der Waals surface area contributed by atoms with Gasteiger partial charge >= 0.3 is 0 Å². The third-order valence-corrected chi connectivity index (χ3v) is 5.22. The van der Waals surface area contributed by atoms with E-state index in [1.807, 2.05) is 6.07 Å². The van der Waals surface area contributed by atoms with Crippen LogP contribution in [0.5, 0.6) is 0 Å². The van der Waals surface area contributed by atoms with Gasteiger partial charge in [0.15, 0.2) is 9.84 Å². The van der Waals surface area contributed by atoms with Gasteiger partial charge in [-0.05, 0) is 30.2 Å². The second-order valence-electron chi connectivity index (χ2n) is 5.30. The van der Waals surface area contributed by atoms with E-state index in [4.69, 9.17) is 11.6 Å². The SMILES string of the molecule is C[C@@](O)(CS(=O)(=O)Cc1ccccc1)c1ccc(Cl)cc1. The summed E-state index contributed by atoms with van der Waals surface area (Å²) in [5.74, 6) is -0.423. The van der Waals surface area contributed by atoms with Gasteiger partial charge in [-0.1, -0.05) is 54.1 Å². The molecule has 0 aromatic heterocycles. The Kier molecular flexibility index (Phi) is 4.71. The first kappa shape index (κ1) is 16.0. The van der Waals surface area contributed by atoms with Crippen molar-refractivity contribution in [3.8, 4) is 0 Å². The normalized spacial score (nSPS) is 14.6. The van der Waals surface area contributed by atoms with E-state index in [2.05, 4.69) is 0 Å². The zero-order chi connectivity index (χ0) is 15.5. The molecule has 3 nitrogen and oxygen atoms in total. The van der Waals surface area contributed by atoms with Crippen molar-refractivity contribution in [2.24, 2.45) is 0 Å². The fourth-order valence-electron chi connectivity index (χ4n) is 2.20. The van der Waals surface area contributed by atoms with E-state index in [0.717, 1.165) is 0 Å². The number of aliphatic hydroxyl groups is 1. The largest absolute Gasteiger partial charge is 0.384 e. The van der Waals surface area contributed by atoms with Crippen LogP contribution < -0.4 is 0 Å². The van der Waals surface area contributed by atoms with Gasteiger partial charge in [0, 0.05) is 5.02 Å². The number of hydrogen-bond acceptors (Lipinski definition) is 3. The highest BCUT2D eigenvalue weighted by Gasteiger charge is 2.30. The number of sulfone groups is 1. The first-order valence-corrected chi connectivity index (χ1v) is 8.71. The summed E-state index contributed by atoms with van der Waals surface area (Å²) < 4.78 is 24.5. The van der Waals surface area contributed by atoms with Crippen LogP contribution in [0.25, 0.3) is 0 Å². The summed E-state index contributed by atoms with van der Waals surface area (Å²) in [6.45, 7) is 1.50. The Balaban J connectivity index is 2.17. The molecule has 2 aromatic carbocycles. The molecule has 0 radical (unpaired) electrons. The molecule has 0 aliphatic heterocycles. The van der Waals surface area contributed by atoms with Crippen molar-refractivity contribution in [3.63, 3.8) is 0 Å². The molecule has 112 valence electrons. The van der Waals surface area contributed by atoms with E-state index in [1.54, 1.807) is 48.5 Å². The van der Waals surface area contributed by atoms with Crippen molar-refractivity contribution >= 4 is 21.4 Å². The average molecular weight is 325 g/mol. The highest BCUT2D eigenvalue weighted by Crippen LogP contribution is 2.25. The maximum absolute atomic E-state index is 12.3. The predicted molar refractivity (Wildman–Crippen MR) is 85.0 cm³/mol.